The van der Waals surface area contributed by atoms with Crippen molar-refractivity contribution in [2.75, 3.05) is 27.2 Å². The van der Waals surface area contributed by atoms with Gasteiger partial charge >= 0.3 is 5.97 Å². The summed E-state index contributed by atoms with van der Waals surface area (Å²) in [5.74, 6) is -0.865. The molecule has 1 aromatic rings. The Kier molecular flexibility index (Phi) is 5.66. The van der Waals surface area contributed by atoms with Crippen molar-refractivity contribution in [1.29, 1.82) is 0 Å². The maximum Gasteiger partial charge on any atom is 0.336 e. The van der Waals surface area contributed by atoms with Crippen molar-refractivity contribution in [3.63, 3.8) is 0 Å². The van der Waals surface area contributed by atoms with E-state index in [-0.39, 0.29) is 0 Å². The molecule has 2 N–H and O–H groups in total. The van der Waals surface area contributed by atoms with Crippen molar-refractivity contribution in [1.82, 2.24) is 10.2 Å². The number of carboxylic acids is 1. The molecule has 4 nitrogen and oxygen atoms in total. The van der Waals surface area contributed by atoms with Gasteiger partial charge in [-0.15, -0.1) is 0 Å². The SMILES string of the molecule is CN(C)CCCNCc1ccccc1C(=O)O. The molecule has 1 rings (SSSR count). The van der Waals surface area contributed by atoms with Gasteiger partial charge < -0.3 is 15.3 Å². The third-order valence-electron chi connectivity index (χ3n) is 2.52. The molecule has 0 radical (unpaired) electrons. The lowest BCUT2D eigenvalue weighted by molar-refractivity contribution is 0.0695. The van der Waals surface area contributed by atoms with Crippen LogP contribution in [0.25, 0.3) is 0 Å². The predicted octanol–water partition coefficient (Wildman–Crippen LogP) is 1.43. The maximum absolute atomic E-state index is 11.0. The van der Waals surface area contributed by atoms with Crippen LogP contribution in [0, 0.1) is 0 Å². The van der Waals surface area contributed by atoms with Gasteiger partial charge in [0.25, 0.3) is 0 Å². The Bertz CT molecular complexity index is 364. The molecule has 0 saturated carbocycles. The first-order valence-electron chi connectivity index (χ1n) is 5.78. The summed E-state index contributed by atoms with van der Waals surface area (Å²) in [4.78, 5) is 13.1. The van der Waals surface area contributed by atoms with Crippen molar-refractivity contribution in [3.8, 4) is 0 Å². The van der Waals surface area contributed by atoms with Gasteiger partial charge in [-0.05, 0) is 45.2 Å². The average molecular weight is 236 g/mol. The average Bonchev–Trinajstić information content (AvgIpc) is 2.28. The number of nitrogens with zero attached hydrogens (tertiary/aromatic N) is 1. The number of rotatable bonds is 7. The minimum Gasteiger partial charge on any atom is -0.478 e. The molecule has 0 heterocycles. The Labute approximate surface area is 102 Å². The van der Waals surface area contributed by atoms with Gasteiger partial charge in [-0.1, -0.05) is 18.2 Å². The summed E-state index contributed by atoms with van der Waals surface area (Å²) in [5, 5.41) is 12.3. The monoisotopic (exact) mass is 236 g/mol. The predicted molar refractivity (Wildman–Crippen MR) is 68.3 cm³/mol. The molecule has 1 aromatic carbocycles. The van der Waals surface area contributed by atoms with Crippen LogP contribution in [-0.2, 0) is 6.54 Å². The largest absolute Gasteiger partial charge is 0.478 e. The first-order valence-corrected chi connectivity index (χ1v) is 5.78. The van der Waals surface area contributed by atoms with E-state index in [0.29, 0.717) is 12.1 Å². The minimum absolute atomic E-state index is 0.382. The van der Waals surface area contributed by atoms with Crippen LogP contribution >= 0.6 is 0 Å². The van der Waals surface area contributed by atoms with E-state index in [1.165, 1.54) is 0 Å². The minimum atomic E-state index is -0.865. The Hall–Kier alpha value is -1.39. The van der Waals surface area contributed by atoms with Gasteiger partial charge in [0.05, 0.1) is 5.56 Å². The number of carbonyl (C=O) groups is 1. The third-order valence-corrected chi connectivity index (χ3v) is 2.52. The van der Waals surface area contributed by atoms with Gasteiger partial charge in [0.1, 0.15) is 0 Å². The number of nitrogens with one attached hydrogen (secondary N) is 1. The van der Waals surface area contributed by atoms with Gasteiger partial charge in [0, 0.05) is 6.54 Å². The summed E-state index contributed by atoms with van der Waals surface area (Å²) in [6.07, 6.45) is 1.06. The van der Waals surface area contributed by atoms with Crippen molar-refractivity contribution in [3.05, 3.63) is 35.4 Å². The summed E-state index contributed by atoms with van der Waals surface area (Å²) in [6, 6.07) is 7.10. The highest BCUT2D eigenvalue weighted by molar-refractivity contribution is 5.89. The van der Waals surface area contributed by atoms with E-state index in [1.54, 1.807) is 12.1 Å². The molecule has 0 aliphatic carbocycles. The Balaban J connectivity index is 2.39. The third kappa shape index (κ3) is 4.97. The van der Waals surface area contributed by atoms with Gasteiger partial charge in [0.15, 0.2) is 0 Å². The van der Waals surface area contributed by atoms with Crippen LogP contribution < -0.4 is 5.32 Å². The Morgan fingerprint density at radius 3 is 2.71 bits per heavy atom. The quantitative estimate of drug-likeness (QED) is 0.703. The second kappa shape index (κ2) is 7.04. The first kappa shape index (κ1) is 13.7. The number of hydrogen-bond acceptors (Lipinski definition) is 3. The van der Waals surface area contributed by atoms with E-state index >= 15 is 0 Å². The second-order valence-electron chi connectivity index (χ2n) is 4.30. The topological polar surface area (TPSA) is 52.6 Å². The highest BCUT2D eigenvalue weighted by Gasteiger charge is 2.07. The molecular formula is C13H20N2O2. The fourth-order valence-electron chi connectivity index (χ4n) is 1.63. The van der Waals surface area contributed by atoms with Crippen LogP contribution in [0.1, 0.15) is 22.3 Å². The Morgan fingerprint density at radius 1 is 1.35 bits per heavy atom. The van der Waals surface area contributed by atoms with Crippen molar-refractivity contribution >= 4 is 5.97 Å². The molecule has 4 heteroatoms. The zero-order valence-corrected chi connectivity index (χ0v) is 10.4. The summed E-state index contributed by atoms with van der Waals surface area (Å²) in [5.41, 5.74) is 1.22. The molecule has 0 unspecified atom stereocenters. The van der Waals surface area contributed by atoms with E-state index in [9.17, 15) is 4.79 Å². The van der Waals surface area contributed by atoms with Crippen molar-refractivity contribution in [2.24, 2.45) is 0 Å². The van der Waals surface area contributed by atoms with Gasteiger partial charge in [-0.25, -0.2) is 4.79 Å². The van der Waals surface area contributed by atoms with Crippen molar-refractivity contribution in [2.45, 2.75) is 13.0 Å². The van der Waals surface area contributed by atoms with Crippen LogP contribution in [0.15, 0.2) is 24.3 Å². The lowest BCUT2D eigenvalue weighted by Gasteiger charge is -2.10. The highest BCUT2D eigenvalue weighted by atomic mass is 16.4. The fraction of sp³-hybridized carbons (Fsp3) is 0.462. The van der Waals surface area contributed by atoms with Gasteiger partial charge in [0.2, 0.25) is 0 Å². The maximum atomic E-state index is 11.0. The molecule has 0 aliphatic rings. The normalized spacial score (nSPS) is 10.8. The molecule has 17 heavy (non-hydrogen) atoms. The zero-order valence-electron chi connectivity index (χ0n) is 10.4. The molecule has 94 valence electrons. The standard InChI is InChI=1S/C13H20N2O2/c1-15(2)9-5-8-14-10-11-6-3-4-7-12(11)13(16)17/h3-4,6-7,14H,5,8-10H2,1-2H3,(H,16,17). The van der Waals surface area contributed by atoms with Crippen LogP contribution in [0.2, 0.25) is 0 Å². The van der Waals surface area contributed by atoms with Gasteiger partial charge in [-0.2, -0.15) is 0 Å². The molecule has 0 aliphatic heterocycles. The van der Waals surface area contributed by atoms with E-state index in [0.717, 1.165) is 25.1 Å². The molecule has 0 bridgehead atoms. The van der Waals surface area contributed by atoms with Crippen molar-refractivity contribution < 1.29 is 9.90 Å². The fourth-order valence-corrected chi connectivity index (χ4v) is 1.63. The van der Waals surface area contributed by atoms with Crippen LogP contribution in [-0.4, -0.2) is 43.2 Å². The number of carboxylic acid groups (broad SMARTS) is 1. The number of hydrogen-bond donors (Lipinski definition) is 2. The van der Waals surface area contributed by atoms with E-state index < -0.39 is 5.97 Å². The van der Waals surface area contributed by atoms with Crippen LogP contribution in [0.4, 0.5) is 0 Å². The highest BCUT2D eigenvalue weighted by Crippen LogP contribution is 2.08. The van der Waals surface area contributed by atoms with Crippen LogP contribution in [0.5, 0.6) is 0 Å². The molecule has 0 fully saturated rings. The molecular weight excluding hydrogens is 216 g/mol. The molecule has 0 aromatic heterocycles. The lowest BCUT2D eigenvalue weighted by Crippen LogP contribution is -2.21. The van der Waals surface area contributed by atoms with E-state index in [2.05, 4.69) is 10.2 Å². The second-order valence-corrected chi connectivity index (χ2v) is 4.30. The molecule has 0 spiro atoms. The summed E-state index contributed by atoms with van der Waals surface area (Å²) >= 11 is 0. The van der Waals surface area contributed by atoms with E-state index in [4.69, 9.17) is 5.11 Å². The summed E-state index contributed by atoms with van der Waals surface area (Å²) in [6.45, 7) is 2.54. The number of aromatic carboxylic acids is 1. The molecule has 0 atom stereocenters. The number of benzene rings is 1. The van der Waals surface area contributed by atoms with Crippen LogP contribution in [0.3, 0.4) is 0 Å². The summed E-state index contributed by atoms with van der Waals surface area (Å²) < 4.78 is 0. The zero-order chi connectivity index (χ0) is 12.7. The summed E-state index contributed by atoms with van der Waals surface area (Å²) in [7, 11) is 4.08. The lowest BCUT2D eigenvalue weighted by atomic mass is 10.1. The van der Waals surface area contributed by atoms with Gasteiger partial charge in [-0.3, -0.25) is 0 Å². The van der Waals surface area contributed by atoms with E-state index in [1.807, 2.05) is 26.2 Å². The molecule has 0 amide bonds. The smallest absolute Gasteiger partial charge is 0.336 e. The Morgan fingerprint density at radius 2 is 2.06 bits per heavy atom. The first-order chi connectivity index (χ1) is 8.11. The molecule has 0 saturated heterocycles.